The van der Waals surface area contributed by atoms with Crippen molar-refractivity contribution < 1.29 is 36.2 Å². The smallest absolute Gasteiger partial charge is 0.382 e. The number of amides is 1. The molecule has 6 nitrogen and oxygen atoms in total. The lowest BCUT2D eigenvalue weighted by molar-refractivity contribution is -0.161. The Labute approximate surface area is 243 Å². The normalized spacial score (nSPS) is 16.0. The van der Waals surface area contributed by atoms with Gasteiger partial charge in [-0.1, -0.05) is 54.6 Å². The third-order valence-corrected chi connectivity index (χ3v) is 7.20. The van der Waals surface area contributed by atoms with E-state index >= 15 is 0 Å². The topological polar surface area (TPSA) is 109 Å². The standard InChI is InChI=1S/C31H26F6N4O2/c32-25-13-17(15-38)1-2-23(25)14-24(16-39)40-30(43)26(20-7-8-20)41-28(31(35,36)37)22-11-5-19(6-12-22)18-3-9-21(10-4-18)27(42)29(33)34/h1-6,9-13,20,24,26-29,41-42H,7-8,14H2,(H,40,43)/t24-,26?,27+,28-/m0/s1. The van der Waals surface area contributed by atoms with Crippen molar-refractivity contribution in [3.8, 4) is 23.3 Å². The van der Waals surface area contributed by atoms with Crippen LogP contribution in [0.5, 0.6) is 0 Å². The van der Waals surface area contributed by atoms with Crippen LogP contribution >= 0.6 is 0 Å². The fraction of sp³-hybridized carbons (Fsp3) is 0.323. The van der Waals surface area contributed by atoms with Crippen LogP contribution in [0.25, 0.3) is 11.1 Å². The van der Waals surface area contributed by atoms with Crippen molar-refractivity contribution in [1.82, 2.24) is 10.6 Å². The molecule has 1 unspecified atom stereocenters. The van der Waals surface area contributed by atoms with E-state index in [-0.39, 0.29) is 28.7 Å². The average molecular weight is 601 g/mol. The van der Waals surface area contributed by atoms with Crippen LogP contribution in [0.2, 0.25) is 0 Å². The van der Waals surface area contributed by atoms with Gasteiger partial charge in [-0.15, -0.1) is 0 Å². The number of rotatable bonds is 11. The number of aliphatic hydroxyl groups excluding tert-OH is 1. The summed E-state index contributed by atoms with van der Waals surface area (Å²) in [4.78, 5) is 13.1. The predicted molar refractivity (Wildman–Crippen MR) is 144 cm³/mol. The van der Waals surface area contributed by atoms with Crippen molar-refractivity contribution in [2.75, 3.05) is 0 Å². The van der Waals surface area contributed by atoms with Crippen LogP contribution < -0.4 is 10.6 Å². The van der Waals surface area contributed by atoms with Gasteiger partial charge in [-0.3, -0.25) is 10.1 Å². The fourth-order valence-electron chi connectivity index (χ4n) is 4.69. The first-order valence-corrected chi connectivity index (χ1v) is 13.3. The lowest BCUT2D eigenvalue weighted by atomic mass is 9.98. The summed E-state index contributed by atoms with van der Waals surface area (Å²) in [5.41, 5.74) is 1.01. The van der Waals surface area contributed by atoms with E-state index < -0.39 is 54.5 Å². The number of nitrogens with zero attached hydrogens (tertiary/aromatic N) is 2. The Bertz CT molecular complexity index is 1510. The Morgan fingerprint density at radius 1 is 0.953 bits per heavy atom. The van der Waals surface area contributed by atoms with Gasteiger partial charge in [0.05, 0.1) is 23.7 Å². The van der Waals surface area contributed by atoms with Gasteiger partial charge < -0.3 is 10.4 Å². The van der Waals surface area contributed by atoms with Crippen LogP contribution in [0.1, 0.15) is 47.2 Å². The summed E-state index contributed by atoms with van der Waals surface area (Å²) in [6.07, 6.45) is -8.94. The van der Waals surface area contributed by atoms with Gasteiger partial charge in [0.25, 0.3) is 6.43 Å². The molecule has 0 bridgehead atoms. The molecule has 0 aromatic heterocycles. The van der Waals surface area contributed by atoms with Crippen molar-refractivity contribution in [1.29, 1.82) is 10.5 Å². The first-order chi connectivity index (χ1) is 20.4. The molecule has 1 amide bonds. The van der Waals surface area contributed by atoms with Gasteiger partial charge in [-0.25, -0.2) is 13.2 Å². The molecule has 12 heteroatoms. The Morgan fingerprint density at radius 3 is 2.00 bits per heavy atom. The Hall–Kier alpha value is -4.39. The van der Waals surface area contributed by atoms with Gasteiger partial charge in [0.1, 0.15) is 24.0 Å². The summed E-state index contributed by atoms with van der Waals surface area (Å²) < 4.78 is 82.6. The number of benzene rings is 3. The third kappa shape index (κ3) is 7.92. The summed E-state index contributed by atoms with van der Waals surface area (Å²) in [7, 11) is 0. The van der Waals surface area contributed by atoms with E-state index in [9.17, 15) is 41.5 Å². The number of nitriles is 2. The first kappa shape index (κ1) is 31.5. The van der Waals surface area contributed by atoms with E-state index in [1.807, 2.05) is 6.07 Å². The zero-order valence-corrected chi connectivity index (χ0v) is 22.5. The molecular weight excluding hydrogens is 574 g/mol. The zero-order valence-electron chi connectivity index (χ0n) is 22.5. The summed E-state index contributed by atoms with van der Waals surface area (Å²) in [5.74, 6) is -1.95. The van der Waals surface area contributed by atoms with Gasteiger partial charge in [0, 0.05) is 6.42 Å². The van der Waals surface area contributed by atoms with Gasteiger partial charge in [0.2, 0.25) is 5.91 Å². The van der Waals surface area contributed by atoms with E-state index in [1.54, 1.807) is 6.07 Å². The zero-order chi connectivity index (χ0) is 31.3. The molecule has 0 aliphatic heterocycles. The molecule has 43 heavy (non-hydrogen) atoms. The molecule has 0 spiro atoms. The Kier molecular flexibility index (Phi) is 9.74. The van der Waals surface area contributed by atoms with E-state index in [1.165, 1.54) is 60.7 Å². The Balaban J connectivity index is 1.49. The molecule has 4 atom stereocenters. The number of halogens is 6. The minimum absolute atomic E-state index is 0.00164. The number of carbonyl (C=O) groups excluding carboxylic acids is 1. The largest absolute Gasteiger partial charge is 0.407 e. The van der Waals surface area contributed by atoms with Crippen LogP contribution in [-0.4, -0.2) is 35.7 Å². The van der Waals surface area contributed by atoms with Crippen LogP contribution in [0.15, 0.2) is 66.7 Å². The third-order valence-electron chi connectivity index (χ3n) is 7.20. The van der Waals surface area contributed by atoms with Gasteiger partial charge in [-0.05, 0) is 58.7 Å². The van der Waals surface area contributed by atoms with E-state index in [4.69, 9.17) is 5.26 Å². The molecule has 1 fully saturated rings. The second-order valence-corrected chi connectivity index (χ2v) is 10.3. The second kappa shape index (κ2) is 13.3. The van der Waals surface area contributed by atoms with Gasteiger partial charge in [0.15, 0.2) is 0 Å². The molecule has 224 valence electrons. The molecule has 0 radical (unpaired) electrons. The molecule has 0 saturated heterocycles. The van der Waals surface area contributed by atoms with Crippen LogP contribution in [-0.2, 0) is 11.2 Å². The number of carbonyl (C=O) groups is 1. The van der Waals surface area contributed by atoms with Crippen LogP contribution in [0.4, 0.5) is 26.3 Å². The number of alkyl halides is 5. The number of hydrogen-bond acceptors (Lipinski definition) is 5. The van der Waals surface area contributed by atoms with Crippen molar-refractivity contribution in [2.24, 2.45) is 5.92 Å². The molecule has 3 aromatic rings. The molecule has 1 aliphatic rings. The lowest BCUT2D eigenvalue weighted by Crippen LogP contribution is -2.52. The molecule has 0 heterocycles. The average Bonchev–Trinajstić information content (AvgIpc) is 3.82. The van der Waals surface area contributed by atoms with Crippen LogP contribution in [0.3, 0.4) is 0 Å². The quantitative estimate of drug-likeness (QED) is 0.238. The second-order valence-electron chi connectivity index (χ2n) is 10.3. The lowest BCUT2D eigenvalue weighted by Gasteiger charge is -2.28. The predicted octanol–water partition coefficient (Wildman–Crippen LogP) is 5.89. The molecular formula is C31H26F6N4O2. The fourth-order valence-corrected chi connectivity index (χ4v) is 4.69. The minimum atomic E-state index is -4.79. The highest BCUT2D eigenvalue weighted by atomic mass is 19.4. The van der Waals surface area contributed by atoms with Crippen molar-refractivity contribution >= 4 is 5.91 Å². The van der Waals surface area contributed by atoms with Gasteiger partial charge in [-0.2, -0.15) is 23.7 Å². The van der Waals surface area contributed by atoms with Crippen molar-refractivity contribution in [3.63, 3.8) is 0 Å². The van der Waals surface area contributed by atoms with Crippen molar-refractivity contribution in [3.05, 3.63) is 94.8 Å². The molecule has 1 aliphatic carbocycles. The van der Waals surface area contributed by atoms with E-state index in [0.717, 1.165) is 6.07 Å². The SMILES string of the molecule is N#Cc1ccc(C[C@@H](C#N)NC(=O)C(N[C@@H](c2ccc(-c3ccc([C@@H](O)C(F)F)cc3)cc2)C(F)(F)F)C2CC2)c(F)c1. The minimum Gasteiger partial charge on any atom is -0.382 e. The maximum absolute atomic E-state index is 14.3. The molecule has 3 aromatic carbocycles. The van der Waals surface area contributed by atoms with E-state index in [2.05, 4.69) is 10.6 Å². The van der Waals surface area contributed by atoms with Crippen molar-refractivity contribution in [2.45, 2.75) is 56.1 Å². The highest BCUT2D eigenvalue weighted by Gasteiger charge is 2.46. The highest BCUT2D eigenvalue weighted by molar-refractivity contribution is 5.83. The van der Waals surface area contributed by atoms with Crippen LogP contribution in [0, 0.1) is 34.4 Å². The monoisotopic (exact) mass is 600 g/mol. The summed E-state index contributed by atoms with van der Waals surface area (Å²) in [6, 6.07) is 13.5. The first-order valence-electron chi connectivity index (χ1n) is 13.3. The number of aliphatic hydroxyl groups is 1. The molecule has 1 saturated carbocycles. The summed E-state index contributed by atoms with van der Waals surface area (Å²) >= 11 is 0. The summed E-state index contributed by atoms with van der Waals surface area (Å²) in [6.45, 7) is 0. The summed E-state index contributed by atoms with van der Waals surface area (Å²) in [5, 5.41) is 32.8. The Morgan fingerprint density at radius 2 is 1.53 bits per heavy atom. The maximum Gasteiger partial charge on any atom is 0.407 e. The highest BCUT2D eigenvalue weighted by Crippen LogP contribution is 2.39. The molecule has 4 rings (SSSR count). The number of hydrogen-bond donors (Lipinski definition) is 3. The number of nitrogens with one attached hydrogen (secondary N) is 2. The van der Waals surface area contributed by atoms with E-state index in [0.29, 0.717) is 24.0 Å². The maximum atomic E-state index is 14.3. The molecule has 3 N–H and O–H groups in total. The van der Waals surface area contributed by atoms with Gasteiger partial charge >= 0.3 is 6.18 Å².